The van der Waals surface area contributed by atoms with Gasteiger partial charge in [-0.2, -0.15) is 0 Å². The van der Waals surface area contributed by atoms with Gasteiger partial charge in [-0.3, -0.25) is 4.79 Å². The van der Waals surface area contributed by atoms with E-state index in [0.717, 1.165) is 22.2 Å². The van der Waals surface area contributed by atoms with E-state index in [0.29, 0.717) is 17.0 Å². The lowest BCUT2D eigenvalue weighted by molar-refractivity contribution is -0.121. The van der Waals surface area contributed by atoms with E-state index in [1.165, 1.54) is 35.9 Å². The molecule has 1 amide bonds. The standard InChI is InChI=1S/C20H28N4O2S2/c1-12-7-5-10-17(13(12)2)22-18(25)14(3)27-20-24-23-19(28-20)21-15-8-6-9-16(11-15)26-4/h6,8-9,11-14,17H,5,7,10H2,1-4H3,(H,21,23)(H,22,25)/t12-,13-,14-,17-/m1/s1. The van der Waals surface area contributed by atoms with Crippen molar-refractivity contribution in [2.45, 2.75) is 55.7 Å². The fraction of sp³-hybridized carbons (Fsp3) is 0.550. The van der Waals surface area contributed by atoms with Crippen LogP contribution in [0.15, 0.2) is 28.6 Å². The van der Waals surface area contributed by atoms with Crippen LogP contribution in [0, 0.1) is 11.8 Å². The largest absolute Gasteiger partial charge is 0.497 e. The Morgan fingerprint density at radius 2 is 2.14 bits per heavy atom. The van der Waals surface area contributed by atoms with Crippen LogP contribution in [0.2, 0.25) is 0 Å². The van der Waals surface area contributed by atoms with E-state index in [1.54, 1.807) is 7.11 Å². The lowest BCUT2D eigenvalue weighted by atomic mass is 9.78. The van der Waals surface area contributed by atoms with Crippen molar-refractivity contribution in [1.82, 2.24) is 15.5 Å². The predicted octanol–water partition coefficient (Wildman–Crippen LogP) is 4.71. The van der Waals surface area contributed by atoms with Crippen molar-refractivity contribution in [3.63, 3.8) is 0 Å². The lowest BCUT2D eigenvalue weighted by Crippen LogP contribution is -2.46. The Labute approximate surface area is 174 Å². The van der Waals surface area contributed by atoms with Gasteiger partial charge in [0.2, 0.25) is 11.0 Å². The zero-order valence-electron chi connectivity index (χ0n) is 16.8. The summed E-state index contributed by atoms with van der Waals surface area (Å²) in [6.45, 7) is 6.45. The van der Waals surface area contributed by atoms with Crippen LogP contribution >= 0.6 is 23.1 Å². The van der Waals surface area contributed by atoms with Crippen LogP contribution in [0.25, 0.3) is 0 Å². The summed E-state index contributed by atoms with van der Waals surface area (Å²) < 4.78 is 6.01. The van der Waals surface area contributed by atoms with Gasteiger partial charge in [-0.15, -0.1) is 10.2 Å². The summed E-state index contributed by atoms with van der Waals surface area (Å²) in [7, 11) is 1.64. The molecule has 0 unspecified atom stereocenters. The Balaban J connectivity index is 1.54. The van der Waals surface area contributed by atoms with Crippen LogP contribution < -0.4 is 15.4 Å². The van der Waals surface area contributed by atoms with E-state index in [4.69, 9.17) is 4.74 Å². The molecule has 0 aliphatic heterocycles. The molecule has 8 heteroatoms. The zero-order valence-corrected chi connectivity index (χ0v) is 18.4. The molecular weight excluding hydrogens is 392 g/mol. The molecule has 2 N–H and O–H groups in total. The number of anilines is 2. The Kier molecular flexibility index (Phi) is 7.18. The monoisotopic (exact) mass is 420 g/mol. The number of nitrogens with zero attached hydrogens (tertiary/aromatic N) is 2. The maximum atomic E-state index is 12.6. The number of rotatable bonds is 7. The number of carbonyl (C=O) groups excluding carboxylic acids is 1. The minimum atomic E-state index is -0.206. The second kappa shape index (κ2) is 9.60. The van der Waals surface area contributed by atoms with Crippen LogP contribution in [0.3, 0.4) is 0 Å². The van der Waals surface area contributed by atoms with Gasteiger partial charge in [-0.25, -0.2) is 0 Å². The minimum absolute atomic E-state index is 0.0773. The molecule has 2 aromatic rings. The number of hydrogen-bond acceptors (Lipinski definition) is 7. The maximum absolute atomic E-state index is 12.6. The maximum Gasteiger partial charge on any atom is 0.233 e. The molecule has 1 saturated carbocycles. The molecule has 1 aromatic heterocycles. The van der Waals surface area contributed by atoms with E-state index in [9.17, 15) is 4.79 Å². The average molecular weight is 421 g/mol. The number of benzene rings is 1. The van der Waals surface area contributed by atoms with Gasteiger partial charge in [0.25, 0.3) is 0 Å². The second-order valence-corrected chi connectivity index (χ2v) is 9.94. The van der Waals surface area contributed by atoms with Crippen molar-refractivity contribution >= 4 is 39.8 Å². The summed E-state index contributed by atoms with van der Waals surface area (Å²) in [5.74, 6) is 2.04. The quantitative estimate of drug-likeness (QED) is 0.632. The van der Waals surface area contributed by atoms with Gasteiger partial charge in [0.05, 0.1) is 12.4 Å². The van der Waals surface area contributed by atoms with Gasteiger partial charge in [0.1, 0.15) is 5.75 Å². The molecule has 0 spiro atoms. The Hall–Kier alpha value is -1.80. The first kappa shape index (κ1) is 20.9. The highest BCUT2D eigenvalue weighted by Crippen LogP contribution is 2.32. The number of thioether (sulfide) groups is 1. The number of ether oxygens (including phenoxy) is 1. The number of nitrogens with one attached hydrogen (secondary N) is 2. The molecule has 1 aliphatic rings. The van der Waals surface area contributed by atoms with Gasteiger partial charge in [0.15, 0.2) is 4.34 Å². The number of methoxy groups -OCH3 is 1. The highest BCUT2D eigenvalue weighted by molar-refractivity contribution is 8.02. The van der Waals surface area contributed by atoms with Crippen molar-refractivity contribution in [3.8, 4) is 5.75 Å². The molecule has 4 atom stereocenters. The van der Waals surface area contributed by atoms with Gasteiger partial charge >= 0.3 is 0 Å². The van der Waals surface area contributed by atoms with Gasteiger partial charge in [-0.05, 0) is 37.3 Å². The molecule has 6 nitrogen and oxygen atoms in total. The molecule has 0 saturated heterocycles. The molecule has 3 rings (SSSR count). The van der Waals surface area contributed by atoms with Crippen molar-refractivity contribution in [1.29, 1.82) is 0 Å². The first-order chi connectivity index (χ1) is 13.5. The molecule has 0 bridgehead atoms. The fourth-order valence-corrected chi connectivity index (χ4v) is 5.35. The molecular formula is C20H28N4O2S2. The van der Waals surface area contributed by atoms with Crippen LogP contribution in [-0.2, 0) is 4.79 Å². The zero-order chi connectivity index (χ0) is 20.1. The van der Waals surface area contributed by atoms with Gasteiger partial charge in [-0.1, -0.05) is 55.9 Å². The SMILES string of the molecule is COc1cccc(Nc2nnc(S[C@H](C)C(=O)N[C@@H]3CCC[C@@H](C)[C@H]3C)s2)c1. The first-order valence-corrected chi connectivity index (χ1v) is 11.4. The Morgan fingerprint density at radius 3 is 2.93 bits per heavy atom. The van der Waals surface area contributed by atoms with E-state index >= 15 is 0 Å². The van der Waals surface area contributed by atoms with Gasteiger partial charge < -0.3 is 15.4 Å². The van der Waals surface area contributed by atoms with Crippen molar-refractivity contribution in [3.05, 3.63) is 24.3 Å². The molecule has 0 radical (unpaired) electrons. The van der Waals surface area contributed by atoms with Crippen molar-refractivity contribution in [2.75, 3.05) is 12.4 Å². The number of carbonyl (C=O) groups is 1. The van der Waals surface area contributed by atoms with E-state index < -0.39 is 0 Å². The molecule has 1 heterocycles. The molecule has 1 aliphatic carbocycles. The highest BCUT2D eigenvalue weighted by atomic mass is 32.2. The smallest absolute Gasteiger partial charge is 0.233 e. The van der Waals surface area contributed by atoms with Crippen LogP contribution in [0.4, 0.5) is 10.8 Å². The Morgan fingerprint density at radius 1 is 1.32 bits per heavy atom. The topological polar surface area (TPSA) is 76.1 Å². The number of amides is 1. The predicted molar refractivity (Wildman–Crippen MR) is 116 cm³/mol. The summed E-state index contributed by atoms with van der Waals surface area (Å²) >= 11 is 2.89. The third kappa shape index (κ3) is 5.38. The normalized spacial score (nSPS) is 23.1. The summed E-state index contributed by atoms with van der Waals surface area (Å²) in [6, 6.07) is 7.92. The molecule has 152 valence electrons. The lowest BCUT2D eigenvalue weighted by Gasteiger charge is -2.35. The second-order valence-electron chi connectivity index (χ2n) is 7.37. The summed E-state index contributed by atoms with van der Waals surface area (Å²) in [6.07, 6.45) is 3.52. The number of hydrogen-bond donors (Lipinski definition) is 2. The third-order valence-corrected chi connectivity index (χ3v) is 7.43. The average Bonchev–Trinajstić information content (AvgIpc) is 3.12. The van der Waals surface area contributed by atoms with Crippen molar-refractivity contribution in [2.24, 2.45) is 11.8 Å². The summed E-state index contributed by atoms with van der Waals surface area (Å²) in [4.78, 5) is 12.6. The van der Waals surface area contributed by atoms with Crippen LogP contribution in [0.5, 0.6) is 5.75 Å². The molecule has 1 aromatic carbocycles. The third-order valence-electron chi connectivity index (χ3n) is 5.41. The van der Waals surface area contributed by atoms with Crippen molar-refractivity contribution < 1.29 is 9.53 Å². The summed E-state index contributed by atoms with van der Waals surface area (Å²) in [5.41, 5.74) is 0.887. The van der Waals surface area contributed by atoms with Crippen LogP contribution in [0.1, 0.15) is 40.0 Å². The van der Waals surface area contributed by atoms with Gasteiger partial charge in [0, 0.05) is 17.8 Å². The molecule has 28 heavy (non-hydrogen) atoms. The summed E-state index contributed by atoms with van der Waals surface area (Å²) in [5, 5.41) is 15.4. The Bertz CT molecular complexity index is 798. The van der Waals surface area contributed by atoms with E-state index in [1.807, 2.05) is 31.2 Å². The van der Waals surface area contributed by atoms with E-state index in [2.05, 4.69) is 34.7 Å². The minimum Gasteiger partial charge on any atom is -0.497 e. The van der Waals surface area contributed by atoms with Crippen LogP contribution in [-0.4, -0.2) is 34.5 Å². The number of aromatic nitrogens is 2. The highest BCUT2D eigenvalue weighted by Gasteiger charge is 2.29. The van der Waals surface area contributed by atoms with E-state index in [-0.39, 0.29) is 17.2 Å². The fourth-order valence-electron chi connectivity index (χ4n) is 3.42. The first-order valence-electron chi connectivity index (χ1n) is 9.68. The molecule has 1 fully saturated rings.